The zero-order chi connectivity index (χ0) is 19.9. The Morgan fingerprint density at radius 2 is 1.86 bits per heavy atom. The fraction of sp³-hybridized carbons (Fsp3) is 0.182. The van der Waals surface area contributed by atoms with Gasteiger partial charge in [0.2, 0.25) is 0 Å². The molecular formula is C22H23N3O3. The van der Waals surface area contributed by atoms with Crippen LogP contribution in [0, 0.1) is 6.92 Å². The number of aryl methyl sites for hydroxylation is 1. The van der Waals surface area contributed by atoms with Gasteiger partial charge in [-0.1, -0.05) is 24.3 Å². The van der Waals surface area contributed by atoms with Crippen LogP contribution in [0.2, 0.25) is 0 Å². The van der Waals surface area contributed by atoms with Crippen molar-refractivity contribution >= 4 is 17.4 Å². The van der Waals surface area contributed by atoms with Crippen LogP contribution >= 0.6 is 0 Å². The number of rotatable bonds is 7. The van der Waals surface area contributed by atoms with Crippen LogP contribution in [0.4, 0.5) is 11.5 Å². The highest BCUT2D eigenvalue weighted by molar-refractivity contribution is 5.95. The topological polar surface area (TPSA) is 72.5 Å². The second-order valence-corrected chi connectivity index (χ2v) is 6.23. The third-order valence-electron chi connectivity index (χ3n) is 4.39. The number of nitrogens with one attached hydrogen (secondary N) is 2. The van der Waals surface area contributed by atoms with Crippen LogP contribution in [-0.4, -0.2) is 25.1 Å². The van der Waals surface area contributed by atoms with Crippen LogP contribution in [0.3, 0.4) is 0 Å². The predicted molar refractivity (Wildman–Crippen MR) is 109 cm³/mol. The highest BCUT2D eigenvalue weighted by Crippen LogP contribution is 2.31. The monoisotopic (exact) mass is 377 g/mol. The lowest BCUT2D eigenvalue weighted by molar-refractivity contribution is 0.0951. The number of ether oxygens (including phenoxy) is 2. The number of methoxy groups -OCH3 is 2. The largest absolute Gasteiger partial charge is 0.497 e. The van der Waals surface area contributed by atoms with Gasteiger partial charge in [-0.15, -0.1) is 0 Å². The number of benzene rings is 2. The molecule has 0 spiro atoms. The number of carbonyl (C=O) groups excluding carboxylic acids is 1. The number of hydrogen-bond donors (Lipinski definition) is 2. The number of aromatic nitrogens is 1. The van der Waals surface area contributed by atoms with E-state index in [2.05, 4.69) is 15.6 Å². The highest BCUT2D eigenvalue weighted by Gasteiger charge is 2.10. The summed E-state index contributed by atoms with van der Waals surface area (Å²) < 4.78 is 10.6. The summed E-state index contributed by atoms with van der Waals surface area (Å²) in [6.45, 7) is 2.50. The van der Waals surface area contributed by atoms with Crippen molar-refractivity contribution < 1.29 is 14.3 Å². The number of hydrogen-bond acceptors (Lipinski definition) is 5. The third-order valence-corrected chi connectivity index (χ3v) is 4.39. The molecule has 144 valence electrons. The Kier molecular flexibility index (Phi) is 6.11. The van der Waals surface area contributed by atoms with Crippen molar-refractivity contribution in [3.8, 4) is 11.5 Å². The van der Waals surface area contributed by atoms with E-state index in [1.165, 1.54) is 0 Å². The molecular weight excluding hydrogens is 354 g/mol. The van der Waals surface area contributed by atoms with E-state index in [1.54, 1.807) is 38.6 Å². The standard InChI is InChI=1S/C22H23N3O3/c1-15-6-4-5-7-17(15)14-24-22(26)16-10-11-23-21(12-16)25-19-13-18(27-2)8-9-20(19)28-3/h4-13H,14H2,1-3H3,(H,23,25)(H,24,26). The summed E-state index contributed by atoms with van der Waals surface area (Å²) in [5.74, 6) is 1.72. The number of amides is 1. The summed E-state index contributed by atoms with van der Waals surface area (Å²) in [4.78, 5) is 16.8. The first-order chi connectivity index (χ1) is 13.6. The van der Waals surface area contributed by atoms with Crippen LogP contribution in [0.5, 0.6) is 11.5 Å². The van der Waals surface area contributed by atoms with Crippen LogP contribution in [0.1, 0.15) is 21.5 Å². The summed E-state index contributed by atoms with van der Waals surface area (Å²) in [7, 11) is 3.19. The quantitative estimate of drug-likeness (QED) is 0.649. The summed E-state index contributed by atoms with van der Waals surface area (Å²) in [5.41, 5.74) is 3.45. The van der Waals surface area contributed by atoms with Gasteiger partial charge < -0.3 is 20.1 Å². The Morgan fingerprint density at radius 3 is 2.61 bits per heavy atom. The molecule has 0 atom stereocenters. The molecule has 6 heteroatoms. The lowest BCUT2D eigenvalue weighted by atomic mass is 10.1. The Morgan fingerprint density at radius 1 is 1.04 bits per heavy atom. The van der Waals surface area contributed by atoms with E-state index < -0.39 is 0 Å². The van der Waals surface area contributed by atoms with Gasteiger partial charge in [-0.3, -0.25) is 4.79 Å². The van der Waals surface area contributed by atoms with Crippen molar-refractivity contribution in [1.29, 1.82) is 0 Å². The molecule has 2 aromatic carbocycles. The van der Waals surface area contributed by atoms with E-state index in [-0.39, 0.29) is 5.91 Å². The first-order valence-corrected chi connectivity index (χ1v) is 8.88. The molecule has 0 radical (unpaired) electrons. The number of pyridine rings is 1. The molecule has 1 heterocycles. The maximum Gasteiger partial charge on any atom is 0.251 e. The Bertz CT molecular complexity index is 973. The van der Waals surface area contributed by atoms with E-state index in [4.69, 9.17) is 9.47 Å². The average molecular weight is 377 g/mol. The summed E-state index contributed by atoms with van der Waals surface area (Å²) in [6.07, 6.45) is 1.59. The molecule has 3 aromatic rings. The van der Waals surface area contributed by atoms with E-state index in [0.29, 0.717) is 35.1 Å². The SMILES string of the molecule is COc1ccc(OC)c(Nc2cc(C(=O)NCc3ccccc3C)ccn2)c1. The van der Waals surface area contributed by atoms with Crippen LogP contribution < -0.4 is 20.1 Å². The second kappa shape index (κ2) is 8.90. The minimum atomic E-state index is -0.161. The van der Waals surface area contributed by atoms with Crippen LogP contribution in [0.15, 0.2) is 60.8 Å². The summed E-state index contributed by atoms with van der Waals surface area (Å²) in [5, 5.41) is 6.13. The van der Waals surface area contributed by atoms with Crippen molar-refractivity contribution in [2.75, 3.05) is 19.5 Å². The van der Waals surface area contributed by atoms with Crippen molar-refractivity contribution in [2.45, 2.75) is 13.5 Å². The van der Waals surface area contributed by atoms with Gasteiger partial charge in [0, 0.05) is 24.4 Å². The number of nitrogens with zero attached hydrogens (tertiary/aromatic N) is 1. The van der Waals surface area contributed by atoms with Crippen molar-refractivity contribution in [2.24, 2.45) is 0 Å². The average Bonchev–Trinajstić information content (AvgIpc) is 2.73. The van der Waals surface area contributed by atoms with Crippen molar-refractivity contribution in [1.82, 2.24) is 10.3 Å². The molecule has 0 saturated carbocycles. The first-order valence-electron chi connectivity index (χ1n) is 8.88. The highest BCUT2D eigenvalue weighted by atomic mass is 16.5. The Balaban J connectivity index is 1.73. The van der Waals surface area contributed by atoms with Gasteiger partial charge in [-0.25, -0.2) is 4.98 Å². The first kappa shape index (κ1) is 19.2. The van der Waals surface area contributed by atoms with Gasteiger partial charge in [0.15, 0.2) is 0 Å². The summed E-state index contributed by atoms with van der Waals surface area (Å²) in [6, 6.07) is 16.8. The van der Waals surface area contributed by atoms with E-state index in [1.807, 2.05) is 43.3 Å². The minimum Gasteiger partial charge on any atom is -0.497 e. The minimum absolute atomic E-state index is 0.161. The van der Waals surface area contributed by atoms with Gasteiger partial charge in [0.25, 0.3) is 5.91 Å². The van der Waals surface area contributed by atoms with Gasteiger partial charge in [0.1, 0.15) is 17.3 Å². The molecule has 0 aliphatic rings. The van der Waals surface area contributed by atoms with Crippen molar-refractivity contribution in [3.63, 3.8) is 0 Å². The zero-order valence-electron chi connectivity index (χ0n) is 16.2. The molecule has 0 unspecified atom stereocenters. The summed E-state index contributed by atoms with van der Waals surface area (Å²) >= 11 is 0. The smallest absolute Gasteiger partial charge is 0.251 e. The van der Waals surface area contributed by atoms with Crippen LogP contribution in [-0.2, 0) is 6.54 Å². The molecule has 0 fully saturated rings. The van der Waals surface area contributed by atoms with Gasteiger partial charge in [-0.2, -0.15) is 0 Å². The molecule has 2 N–H and O–H groups in total. The Hall–Kier alpha value is -3.54. The number of anilines is 2. The van der Waals surface area contributed by atoms with E-state index in [9.17, 15) is 4.79 Å². The van der Waals surface area contributed by atoms with Crippen molar-refractivity contribution in [3.05, 3.63) is 77.5 Å². The molecule has 1 amide bonds. The van der Waals surface area contributed by atoms with Gasteiger partial charge in [0.05, 0.1) is 19.9 Å². The molecule has 0 saturated heterocycles. The maximum atomic E-state index is 12.5. The molecule has 0 bridgehead atoms. The molecule has 1 aromatic heterocycles. The molecule has 28 heavy (non-hydrogen) atoms. The molecule has 6 nitrogen and oxygen atoms in total. The predicted octanol–water partition coefficient (Wildman–Crippen LogP) is 4.08. The fourth-order valence-electron chi connectivity index (χ4n) is 2.78. The number of carbonyl (C=O) groups is 1. The zero-order valence-corrected chi connectivity index (χ0v) is 16.2. The van der Waals surface area contributed by atoms with E-state index >= 15 is 0 Å². The maximum absolute atomic E-state index is 12.5. The van der Waals surface area contributed by atoms with Gasteiger partial charge >= 0.3 is 0 Å². The van der Waals surface area contributed by atoms with E-state index in [0.717, 1.165) is 11.1 Å². The molecule has 3 rings (SSSR count). The lowest BCUT2D eigenvalue weighted by Crippen LogP contribution is -2.23. The second-order valence-electron chi connectivity index (χ2n) is 6.23. The Labute approximate surface area is 164 Å². The lowest BCUT2D eigenvalue weighted by Gasteiger charge is -2.13. The fourth-order valence-corrected chi connectivity index (χ4v) is 2.78. The molecule has 0 aliphatic heterocycles. The molecule has 0 aliphatic carbocycles. The van der Waals surface area contributed by atoms with Gasteiger partial charge in [-0.05, 0) is 42.3 Å². The third kappa shape index (κ3) is 4.59. The van der Waals surface area contributed by atoms with Crippen LogP contribution in [0.25, 0.3) is 0 Å². The normalized spacial score (nSPS) is 10.2.